The summed E-state index contributed by atoms with van der Waals surface area (Å²) in [6.45, 7) is 1.97. The van der Waals surface area contributed by atoms with Crippen LogP contribution >= 0.6 is 23.1 Å². The van der Waals surface area contributed by atoms with Gasteiger partial charge >= 0.3 is 0 Å². The minimum absolute atomic E-state index is 0.0979. The van der Waals surface area contributed by atoms with E-state index in [-0.39, 0.29) is 5.84 Å². The van der Waals surface area contributed by atoms with Crippen LogP contribution in [0.3, 0.4) is 0 Å². The number of nitrogens with zero attached hydrogens (tertiary/aromatic N) is 3. The molecule has 0 aliphatic carbocycles. The first-order valence-corrected chi connectivity index (χ1v) is 6.43. The van der Waals surface area contributed by atoms with E-state index in [1.165, 1.54) is 23.1 Å². The average Bonchev–Trinajstić information content (AvgIpc) is 2.83. The number of nitrogens with two attached hydrogens (primary N) is 1. The predicted molar refractivity (Wildman–Crippen MR) is 67.7 cm³/mol. The van der Waals surface area contributed by atoms with Gasteiger partial charge in [0.1, 0.15) is 5.51 Å². The van der Waals surface area contributed by atoms with Gasteiger partial charge in [0, 0.05) is 10.5 Å². The number of oxime groups is 1. The molecule has 2 rings (SSSR count). The quantitative estimate of drug-likeness (QED) is 0.384. The Bertz CT molecular complexity index is 539. The van der Waals surface area contributed by atoms with Gasteiger partial charge < -0.3 is 10.9 Å². The van der Waals surface area contributed by atoms with Gasteiger partial charge in [-0.2, -0.15) is 0 Å². The van der Waals surface area contributed by atoms with Gasteiger partial charge in [-0.1, -0.05) is 40.4 Å². The van der Waals surface area contributed by atoms with Crippen molar-refractivity contribution in [3.05, 3.63) is 34.8 Å². The molecule has 2 aromatic rings. The van der Waals surface area contributed by atoms with Gasteiger partial charge in [-0.05, 0) is 18.6 Å². The summed E-state index contributed by atoms with van der Waals surface area (Å²) in [7, 11) is 0. The molecule has 88 valence electrons. The summed E-state index contributed by atoms with van der Waals surface area (Å²) in [5.74, 6) is 0.0979. The van der Waals surface area contributed by atoms with Crippen molar-refractivity contribution in [3.63, 3.8) is 0 Å². The number of hydrogen-bond acceptors (Lipinski definition) is 6. The molecule has 0 aliphatic heterocycles. The SMILES string of the molecule is Cc1cccc(/C(N)=N/O)c1Sc1nncs1. The molecule has 7 heteroatoms. The second kappa shape index (κ2) is 5.15. The predicted octanol–water partition coefficient (Wildman–Crippen LogP) is 2.09. The van der Waals surface area contributed by atoms with Crippen LogP contribution in [0.2, 0.25) is 0 Å². The Morgan fingerprint density at radius 1 is 1.53 bits per heavy atom. The standard InChI is InChI=1S/C10H10N4OS2/c1-6-3-2-4-7(9(11)14-15)8(6)17-10-13-12-5-16-10/h2-5,15H,1H3,(H2,11,14). The molecule has 0 aliphatic rings. The Kier molecular flexibility index (Phi) is 3.60. The van der Waals surface area contributed by atoms with E-state index >= 15 is 0 Å². The smallest absolute Gasteiger partial charge is 0.178 e. The van der Waals surface area contributed by atoms with Crippen LogP contribution in [0.25, 0.3) is 0 Å². The first-order chi connectivity index (χ1) is 8.22. The van der Waals surface area contributed by atoms with E-state index in [0.29, 0.717) is 5.56 Å². The molecular weight excluding hydrogens is 256 g/mol. The van der Waals surface area contributed by atoms with Gasteiger partial charge in [0.25, 0.3) is 0 Å². The van der Waals surface area contributed by atoms with Crippen molar-refractivity contribution in [2.24, 2.45) is 10.9 Å². The normalized spacial score (nSPS) is 11.7. The Morgan fingerprint density at radius 2 is 2.35 bits per heavy atom. The monoisotopic (exact) mass is 266 g/mol. The molecule has 1 heterocycles. The van der Waals surface area contributed by atoms with Crippen LogP contribution in [0, 0.1) is 6.92 Å². The highest BCUT2D eigenvalue weighted by Crippen LogP contribution is 2.33. The topological polar surface area (TPSA) is 84.4 Å². The molecule has 0 spiro atoms. The lowest BCUT2D eigenvalue weighted by Gasteiger charge is -2.08. The maximum atomic E-state index is 8.76. The fraction of sp³-hybridized carbons (Fsp3) is 0.100. The van der Waals surface area contributed by atoms with E-state index in [1.807, 2.05) is 25.1 Å². The number of rotatable bonds is 3. The first kappa shape index (κ1) is 11.9. The van der Waals surface area contributed by atoms with Gasteiger partial charge in [-0.15, -0.1) is 10.2 Å². The number of amidine groups is 1. The van der Waals surface area contributed by atoms with Crippen LogP contribution < -0.4 is 5.73 Å². The molecule has 3 N–H and O–H groups in total. The fourth-order valence-corrected chi connectivity index (χ4v) is 2.96. The fourth-order valence-electron chi connectivity index (χ4n) is 1.34. The second-order valence-electron chi connectivity index (χ2n) is 3.24. The Balaban J connectivity index is 2.44. The number of benzene rings is 1. The minimum atomic E-state index is 0.0979. The Morgan fingerprint density at radius 3 is 3.00 bits per heavy atom. The zero-order chi connectivity index (χ0) is 12.3. The lowest BCUT2D eigenvalue weighted by Crippen LogP contribution is -2.14. The van der Waals surface area contributed by atoms with Gasteiger partial charge in [0.15, 0.2) is 10.2 Å². The lowest BCUT2D eigenvalue weighted by molar-refractivity contribution is 0.318. The highest BCUT2D eigenvalue weighted by molar-refractivity contribution is 8.01. The molecule has 0 saturated heterocycles. The van der Waals surface area contributed by atoms with Gasteiger partial charge in [0.05, 0.1) is 0 Å². The van der Waals surface area contributed by atoms with Crippen molar-refractivity contribution in [2.45, 2.75) is 16.2 Å². The molecular formula is C10H10N4OS2. The van der Waals surface area contributed by atoms with Crippen LogP contribution in [0.5, 0.6) is 0 Å². The van der Waals surface area contributed by atoms with E-state index in [4.69, 9.17) is 10.9 Å². The maximum Gasteiger partial charge on any atom is 0.178 e. The zero-order valence-corrected chi connectivity index (χ0v) is 10.6. The molecule has 0 saturated carbocycles. The zero-order valence-electron chi connectivity index (χ0n) is 8.99. The molecule has 0 bridgehead atoms. The van der Waals surface area contributed by atoms with Crippen LogP contribution in [0.15, 0.2) is 38.1 Å². The molecule has 17 heavy (non-hydrogen) atoms. The van der Waals surface area contributed by atoms with Crippen molar-refractivity contribution >= 4 is 28.9 Å². The maximum absolute atomic E-state index is 8.76. The molecule has 0 amide bonds. The van der Waals surface area contributed by atoms with E-state index in [1.54, 1.807) is 5.51 Å². The first-order valence-electron chi connectivity index (χ1n) is 4.74. The summed E-state index contributed by atoms with van der Waals surface area (Å²) in [5, 5.41) is 19.5. The minimum Gasteiger partial charge on any atom is -0.409 e. The van der Waals surface area contributed by atoms with Crippen LogP contribution in [0.4, 0.5) is 0 Å². The van der Waals surface area contributed by atoms with Crippen molar-refractivity contribution in [1.29, 1.82) is 0 Å². The van der Waals surface area contributed by atoms with Gasteiger partial charge in [0.2, 0.25) is 0 Å². The highest BCUT2D eigenvalue weighted by Gasteiger charge is 2.12. The van der Waals surface area contributed by atoms with Crippen LogP contribution in [-0.2, 0) is 0 Å². The number of aryl methyl sites for hydroxylation is 1. The number of aromatic nitrogens is 2. The summed E-state index contributed by atoms with van der Waals surface area (Å²) >= 11 is 2.92. The van der Waals surface area contributed by atoms with Crippen molar-refractivity contribution < 1.29 is 5.21 Å². The third-order valence-electron chi connectivity index (χ3n) is 2.13. The third kappa shape index (κ3) is 2.56. The van der Waals surface area contributed by atoms with E-state index < -0.39 is 0 Å². The summed E-state index contributed by atoms with van der Waals surface area (Å²) in [6, 6.07) is 5.65. The average molecular weight is 266 g/mol. The molecule has 0 unspecified atom stereocenters. The highest BCUT2D eigenvalue weighted by atomic mass is 32.2. The van der Waals surface area contributed by atoms with Gasteiger partial charge in [-0.25, -0.2) is 0 Å². The van der Waals surface area contributed by atoms with Crippen molar-refractivity contribution in [3.8, 4) is 0 Å². The van der Waals surface area contributed by atoms with E-state index in [0.717, 1.165) is 14.8 Å². The molecule has 5 nitrogen and oxygen atoms in total. The van der Waals surface area contributed by atoms with Gasteiger partial charge in [-0.3, -0.25) is 0 Å². The van der Waals surface area contributed by atoms with Crippen molar-refractivity contribution in [2.75, 3.05) is 0 Å². The molecule has 0 radical (unpaired) electrons. The largest absolute Gasteiger partial charge is 0.409 e. The van der Waals surface area contributed by atoms with Crippen molar-refractivity contribution in [1.82, 2.24) is 10.2 Å². The Hall–Kier alpha value is -1.60. The molecule has 0 fully saturated rings. The number of hydrogen-bond donors (Lipinski definition) is 2. The summed E-state index contributed by atoms with van der Waals surface area (Å²) in [5.41, 5.74) is 9.07. The molecule has 1 aromatic carbocycles. The summed E-state index contributed by atoms with van der Waals surface area (Å²) in [4.78, 5) is 0.930. The second-order valence-corrected chi connectivity index (χ2v) is 5.33. The van der Waals surface area contributed by atoms with Crippen LogP contribution in [0.1, 0.15) is 11.1 Å². The molecule has 1 aromatic heterocycles. The summed E-state index contributed by atoms with van der Waals surface area (Å²) in [6.07, 6.45) is 0. The van der Waals surface area contributed by atoms with Crippen LogP contribution in [-0.4, -0.2) is 21.2 Å². The third-order valence-corrected chi connectivity index (χ3v) is 4.15. The molecule has 0 atom stereocenters. The Labute approximate surface area is 106 Å². The van der Waals surface area contributed by atoms with E-state index in [2.05, 4.69) is 15.4 Å². The lowest BCUT2D eigenvalue weighted by atomic mass is 10.1. The van der Waals surface area contributed by atoms with E-state index in [9.17, 15) is 0 Å². The summed E-state index contributed by atoms with van der Waals surface area (Å²) < 4.78 is 0.825.